The van der Waals surface area contributed by atoms with Crippen molar-refractivity contribution < 1.29 is 43.0 Å². The second kappa shape index (κ2) is 30.0. The molecule has 0 aliphatic heterocycles. The average Bonchev–Trinajstić information content (AvgIpc) is 3.36. The monoisotopic (exact) mass is 911 g/mol. The Bertz CT molecular complexity index is 2220. The molecule has 1 atom stereocenters. The lowest BCUT2D eigenvalue weighted by Gasteiger charge is -2.18. The summed E-state index contributed by atoms with van der Waals surface area (Å²) in [5.41, 5.74) is 7.85. The third-order valence-corrected chi connectivity index (χ3v) is 10.5. The van der Waals surface area contributed by atoms with Gasteiger partial charge in [0.05, 0.1) is 13.2 Å². The number of guanidine groups is 1. The van der Waals surface area contributed by atoms with Crippen molar-refractivity contribution in [2.45, 2.75) is 110 Å². The predicted molar refractivity (Wildman–Crippen MR) is 255 cm³/mol. The highest BCUT2D eigenvalue weighted by Gasteiger charge is 2.23. The van der Waals surface area contributed by atoms with Crippen molar-refractivity contribution in [3.63, 3.8) is 0 Å². The Hall–Kier alpha value is -7.32. The Morgan fingerprint density at radius 3 is 1.46 bits per heavy atom. The van der Waals surface area contributed by atoms with Crippen LogP contribution in [0.5, 0.6) is 0 Å². The molecule has 0 aliphatic carbocycles. The summed E-state index contributed by atoms with van der Waals surface area (Å²) in [5.74, 6) is -1.36. The summed E-state index contributed by atoms with van der Waals surface area (Å²) in [6.07, 6.45) is 6.07. The minimum absolute atomic E-state index is 0.0470. The van der Waals surface area contributed by atoms with E-state index in [1.54, 1.807) is 0 Å². The van der Waals surface area contributed by atoms with Crippen LogP contribution in [-0.2, 0) is 72.8 Å². The zero-order valence-corrected chi connectivity index (χ0v) is 37.9. The molecule has 0 bridgehead atoms. The first-order valence-corrected chi connectivity index (χ1v) is 22.8. The number of esters is 1. The largest absolute Gasteiger partial charge is 0.461 e. The van der Waals surface area contributed by atoms with Gasteiger partial charge in [0.2, 0.25) is 11.9 Å². The number of aliphatic imine (C=N–C) groups is 1. The maximum Gasteiger partial charge on any atom is 0.414 e. The van der Waals surface area contributed by atoms with Crippen molar-refractivity contribution in [1.82, 2.24) is 21.4 Å². The molecule has 67 heavy (non-hydrogen) atoms. The number of ether oxygens (including phenoxy) is 3. The van der Waals surface area contributed by atoms with Crippen molar-refractivity contribution in [2.24, 2.45) is 4.99 Å². The lowest BCUT2D eigenvalue weighted by molar-refractivity contribution is -0.146. The highest BCUT2D eigenvalue weighted by molar-refractivity contribution is 6.01. The second-order valence-electron chi connectivity index (χ2n) is 15.8. The molecule has 4 N–H and O–H groups in total. The Morgan fingerprint density at radius 2 is 0.925 bits per heavy atom. The number of hydrogen-bond acceptors (Lipinski definition) is 10. The van der Waals surface area contributed by atoms with E-state index in [4.69, 9.17) is 19.0 Å². The molecular weight excluding hydrogens is 851 g/mol. The van der Waals surface area contributed by atoms with E-state index in [0.29, 0.717) is 6.42 Å². The van der Waals surface area contributed by atoms with Gasteiger partial charge in [-0.2, -0.15) is 0 Å². The van der Waals surface area contributed by atoms with E-state index in [2.05, 4.69) is 32.5 Å². The Balaban J connectivity index is 1.01. The lowest BCUT2D eigenvalue weighted by Crippen LogP contribution is -2.46. The number of rotatable bonds is 26. The molecule has 5 aromatic rings. The van der Waals surface area contributed by atoms with Gasteiger partial charge in [0.25, 0.3) is 5.91 Å². The van der Waals surface area contributed by atoms with E-state index in [0.717, 1.165) is 78.3 Å². The third-order valence-electron chi connectivity index (χ3n) is 10.5. The topological polar surface area (TPSA) is 183 Å². The van der Waals surface area contributed by atoms with Crippen LogP contribution in [0, 0.1) is 0 Å². The molecular formula is C53H61N5O9. The summed E-state index contributed by atoms with van der Waals surface area (Å²) < 4.78 is 16.1. The van der Waals surface area contributed by atoms with E-state index in [-0.39, 0.29) is 64.1 Å². The standard InChI is InChI=1S/C53H61N5O9/c59-48(55-47(50(61)58-67-40-44-28-16-9-17-29-44)34-35-49(60)64-37-41-22-10-6-11-23-41)33-19-5-3-1-2-4-18-30-45-31-20-21-32-46(45)36-54-51(56-52(62)65-38-42-24-12-7-13-25-42)57-53(63)66-39-43-26-14-8-15-27-43/h6-17,20-29,31-32,47H,1-5,18-19,30,33-40H2,(H,55,59)(H,58,61)(H2,54,56,57,62,63)/t47-/m1/s1. The molecule has 14 nitrogen and oxygen atoms in total. The van der Waals surface area contributed by atoms with Crippen LogP contribution < -0.4 is 21.4 Å². The highest BCUT2D eigenvalue weighted by atomic mass is 16.7. The average molecular weight is 912 g/mol. The Morgan fingerprint density at radius 1 is 0.478 bits per heavy atom. The van der Waals surface area contributed by atoms with Crippen molar-refractivity contribution in [3.8, 4) is 0 Å². The minimum Gasteiger partial charge on any atom is -0.461 e. The quantitative estimate of drug-likeness (QED) is 0.0105. The smallest absolute Gasteiger partial charge is 0.414 e. The molecule has 4 amide bonds. The molecule has 0 heterocycles. The number of nitrogens with zero attached hydrogens (tertiary/aromatic N) is 1. The minimum atomic E-state index is -0.970. The third kappa shape index (κ3) is 21.0. The van der Waals surface area contributed by atoms with Crippen molar-refractivity contribution in [2.75, 3.05) is 0 Å². The van der Waals surface area contributed by atoms with Gasteiger partial charge >= 0.3 is 18.2 Å². The predicted octanol–water partition coefficient (Wildman–Crippen LogP) is 9.32. The number of amides is 4. The van der Waals surface area contributed by atoms with E-state index >= 15 is 0 Å². The van der Waals surface area contributed by atoms with Gasteiger partial charge in [0, 0.05) is 12.8 Å². The number of aryl methyl sites for hydroxylation is 1. The number of alkyl carbamates (subject to hydrolysis) is 2. The number of hydrogen-bond donors (Lipinski definition) is 4. The van der Waals surface area contributed by atoms with E-state index < -0.39 is 30.1 Å². The van der Waals surface area contributed by atoms with Gasteiger partial charge in [-0.3, -0.25) is 29.9 Å². The molecule has 0 aliphatic rings. The van der Waals surface area contributed by atoms with Gasteiger partial charge in [0.1, 0.15) is 25.9 Å². The van der Waals surface area contributed by atoms with Crippen LogP contribution in [0.1, 0.15) is 97.6 Å². The normalized spacial score (nSPS) is 11.0. The fourth-order valence-electron chi connectivity index (χ4n) is 6.87. The van der Waals surface area contributed by atoms with Gasteiger partial charge in [0.15, 0.2) is 0 Å². The summed E-state index contributed by atoms with van der Waals surface area (Å²) >= 11 is 0. The summed E-state index contributed by atoms with van der Waals surface area (Å²) in [6, 6.07) is 44.2. The SMILES string of the molecule is O=C(CCCCCCCCCc1ccccc1CN=C(NC(=O)OCc1ccccc1)NC(=O)OCc1ccccc1)N[C@H](CCC(=O)OCc1ccccc1)C(=O)NOCc1ccccc1. The summed E-state index contributed by atoms with van der Waals surface area (Å²) in [4.78, 5) is 74.0. The van der Waals surface area contributed by atoms with E-state index in [1.165, 1.54) is 0 Å². The number of nitrogens with one attached hydrogen (secondary N) is 4. The zero-order valence-electron chi connectivity index (χ0n) is 37.9. The molecule has 0 radical (unpaired) electrons. The number of hydroxylamine groups is 1. The van der Waals surface area contributed by atoms with Gasteiger partial charge in [-0.05, 0) is 59.1 Å². The molecule has 5 aromatic carbocycles. The molecule has 0 spiro atoms. The van der Waals surface area contributed by atoms with Crippen LogP contribution in [0.3, 0.4) is 0 Å². The Labute approximate surface area is 392 Å². The summed E-state index contributed by atoms with van der Waals surface area (Å²) in [6.45, 7) is 0.571. The highest BCUT2D eigenvalue weighted by Crippen LogP contribution is 2.16. The number of carbonyl (C=O) groups excluding carboxylic acids is 5. The van der Waals surface area contributed by atoms with Crippen LogP contribution in [0.2, 0.25) is 0 Å². The fraction of sp³-hybridized carbons (Fsp3) is 0.321. The molecule has 352 valence electrons. The summed E-state index contributed by atoms with van der Waals surface area (Å²) in [5, 5.41) is 7.90. The molecule has 0 aromatic heterocycles. The van der Waals surface area contributed by atoms with Crippen molar-refractivity contribution in [3.05, 3.63) is 179 Å². The number of benzene rings is 5. The first-order valence-electron chi connectivity index (χ1n) is 22.8. The molecule has 5 rings (SSSR count). The molecule has 0 fully saturated rings. The molecule has 0 saturated carbocycles. The second-order valence-corrected chi connectivity index (χ2v) is 15.8. The van der Waals surface area contributed by atoms with Gasteiger partial charge in [-0.25, -0.2) is 20.1 Å². The first-order chi connectivity index (χ1) is 32.8. The first kappa shape index (κ1) is 50.7. The van der Waals surface area contributed by atoms with Crippen LogP contribution >= 0.6 is 0 Å². The van der Waals surface area contributed by atoms with Gasteiger partial charge in [-0.15, -0.1) is 0 Å². The van der Waals surface area contributed by atoms with Gasteiger partial charge in [-0.1, -0.05) is 178 Å². The van der Waals surface area contributed by atoms with Crippen LogP contribution in [-0.4, -0.2) is 42.0 Å². The fourth-order valence-corrected chi connectivity index (χ4v) is 6.87. The number of carbonyl (C=O) groups is 5. The van der Waals surface area contributed by atoms with Crippen LogP contribution in [0.15, 0.2) is 151 Å². The molecule has 0 unspecified atom stereocenters. The maximum atomic E-state index is 13.1. The Kier molecular flexibility index (Phi) is 22.7. The van der Waals surface area contributed by atoms with Crippen molar-refractivity contribution >= 4 is 35.9 Å². The van der Waals surface area contributed by atoms with Gasteiger partial charge < -0.3 is 19.5 Å². The number of unbranched alkanes of at least 4 members (excludes halogenated alkanes) is 6. The molecule has 0 saturated heterocycles. The van der Waals surface area contributed by atoms with Crippen molar-refractivity contribution in [1.29, 1.82) is 0 Å². The maximum absolute atomic E-state index is 13.1. The van der Waals surface area contributed by atoms with Crippen LogP contribution in [0.4, 0.5) is 9.59 Å². The summed E-state index contributed by atoms with van der Waals surface area (Å²) in [7, 11) is 0. The van der Waals surface area contributed by atoms with E-state index in [9.17, 15) is 24.0 Å². The zero-order chi connectivity index (χ0) is 47.2. The van der Waals surface area contributed by atoms with E-state index in [1.807, 2.05) is 140 Å². The molecule has 14 heteroatoms. The lowest BCUT2D eigenvalue weighted by atomic mass is 10.00. The van der Waals surface area contributed by atoms with Crippen LogP contribution in [0.25, 0.3) is 0 Å².